The van der Waals surface area contributed by atoms with Crippen LogP contribution < -0.4 is 5.32 Å². The Morgan fingerprint density at radius 2 is 1.95 bits per heavy atom. The van der Waals surface area contributed by atoms with E-state index < -0.39 is 17.5 Å². The number of hydrogen-bond acceptors (Lipinski definition) is 7. The zero-order chi connectivity index (χ0) is 27.3. The van der Waals surface area contributed by atoms with E-state index in [1.807, 2.05) is 33.2 Å². The van der Waals surface area contributed by atoms with E-state index in [-0.39, 0.29) is 17.9 Å². The summed E-state index contributed by atoms with van der Waals surface area (Å²) >= 11 is 1.63. The minimum absolute atomic E-state index is 0.0754. The Bertz CT molecular complexity index is 1380. The van der Waals surface area contributed by atoms with Crippen molar-refractivity contribution in [3.05, 3.63) is 52.4 Å². The van der Waals surface area contributed by atoms with Crippen molar-refractivity contribution in [3.63, 3.8) is 0 Å². The molecule has 1 N–H and O–H groups in total. The van der Waals surface area contributed by atoms with Crippen molar-refractivity contribution >= 4 is 23.2 Å². The van der Waals surface area contributed by atoms with E-state index in [0.717, 1.165) is 52.3 Å². The summed E-state index contributed by atoms with van der Waals surface area (Å²) in [6, 6.07) is 7.00. The first-order chi connectivity index (χ1) is 18.7. The van der Waals surface area contributed by atoms with Crippen molar-refractivity contribution in [3.8, 4) is 10.4 Å². The number of aromatic nitrogens is 4. The van der Waals surface area contributed by atoms with E-state index in [4.69, 9.17) is 4.74 Å². The van der Waals surface area contributed by atoms with Gasteiger partial charge in [-0.2, -0.15) is 0 Å². The van der Waals surface area contributed by atoms with Gasteiger partial charge in [-0.1, -0.05) is 43.3 Å². The molecule has 2 aliphatic heterocycles. The minimum Gasteiger partial charge on any atom is -0.374 e. The van der Waals surface area contributed by atoms with E-state index >= 15 is 0 Å². The normalized spacial score (nSPS) is 23.2. The maximum Gasteiger partial charge on any atom is 0.248 e. The molecule has 0 bridgehead atoms. The molecule has 3 unspecified atom stereocenters. The molecule has 0 radical (unpaired) electrons. The number of likely N-dealkylation sites (tertiary alicyclic amines) is 1. The van der Waals surface area contributed by atoms with Gasteiger partial charge in [-0.05, 0) is 50.7 Å². The highest BCUT2D eigenvalue weighted by Gasteiger charge is 2.47. The van der Waals surface area contributed by atoms with E-state index in [0.29, 0.717) is 32.1 Å². The lowest BCUT2D eigenvalue weighted by Gasteiger charge is -2.35. The van der Waals surface area contributed by atoms with Crippen LogP contribution in [0.25, 0.3) is 10.4 Å². The predicted molar refractivity (Wildman–Crippen MR) is 148 cm³/mol. The molecule has 2 amide bonds. The average Bonchev–Trinajstić information content (AvgIpc) is 3.30. The molecule has 4 heterocycles. The molecule has 2 aromatic heterocycles. The molecule has 1 aliphatic carbocycles. The third kappa shape index (κ3) is 4.89. The van der Waals surface area contributed by atoms with Crippen LogP contribution >= 0.6 is 11.3 Å². The fourth-order valence-electron chi connectivity index (χ4n) is 5.96. The molecule has 6 rings (SSSR count). The van der Waals surface area contributed by atoms with Crippen LogP contribution in [0.5, 0.6) is 0 Å². The van der Waals surface area contributed by atoms with Gasteiger partial charge in [-0.15, -0.1) is 16.4 Å². The Morgan fingerprint density at radius 3 is 2.64 bits per heavy atom. The SMILES string of the molecule is Cc1ncsc1-c1ccc(C(C)NC(=O)C2CCCN2C(=O)C2n3nnc(C4CC4)c3COCC2(C)C)cc1. The number of rotatable bonds is 6. The first-order valence-electron chi connectivity index (χ1n) is 13.9. The third-order valence-corrected chi connectivity index (χ3v) is 9.31. The molecular weight excluding hydrogens is 512 g/mol. The maximum atomic E-state index is 14.2. The van der Waals surface area contributed by atoms with Gasteiger partial charge >= 0.3 is 0 Å². The lowest BCUT2D eigenvalue weighted by atomic mass is 9.84. The number of benzene rings is 1. The molecule has 1 saturated carbocycles. The fourth-order valence-corrected chi connectivity index (χ4v) is 6.77. The fraction of sp³-hybridized carbons (Fsp3) is 0.552. The van der Waals surface area contributed by atoms with Crippen LogP contribution in [0.3, 0.4) is 0 Å². The zero-order valence-corrected chi connectivity index (χ0v) is 23.8. The topological polar surface area (TPSA) is 102 Å². The van der Waals surface area contributed by atoms with Gasteiger partial charge in [0, 0.05) is 17.9 Å². The minimum atomic E-state index is -0.566. The number of carbonyl (C=O) groups excluding carboxylic acids is 2. The first kappa shape index (κ1) is 26.1. The van der Waals surface area contributed by atoms with Gasteiger partial charge in [0.2, 0.25) is 11.8 Å². The summed E-state index contributed by atoms with van der Waals surface area (Å²) in [5.74, 6) is 0.227. The first-order valence-corrected chi connectivity index (χ1v) is 14.8. The molecule has 3 aromatic rings. The molecule has 206 valence electrons. The Kier molecular flexibility index (Phi) is 6.79. The maximum absolute atomic E-state index is 14.2. The summed E-state index contributed by atoms with van der Waals surface area (Å²) < 4.78 is 7.81. The second-order valence-corrected chi connectivity index (χ2v) is 12.7. The number of carbonyl (C=O) groups is 2. The van der Waals surface area contributed by atoms with Crippen molar-refractivity contribution in [1.29, 1.82) is 0 Å². The number of ether oxygens (including phenoxy) is 1. The third-order valence-electron chi connectivity index (χ3n) is 8.33. The van der Waals surface area contributed by atoms with Gasteiger partial charge < -0.3 is 15.0 Å². The summed E-state index contributed by atoms with van der Waals surface area (Å²) in [4.78, 5) is 35.0. The average molecular weight is 549 g/mol. The van der Waals surface area contributed by atoms with E-state index in [1.165, 1.54) is 0 Å². The quantitative estimate of drug-likeness (QED) is 0.485. The number of hydrogen-bond donors (Lipinski definition) is 1. The Balaban J connectivity index is 1.19. The lowest BCUT2D eigenvalue weighted by Crippen LogP contribution is -2.51. The van der Waals surface area contributed by atoms with Gasteiger partial charge in [0.05, 0.1) is 46.7 Å². The second-order valence-electron chi connectivity index (χ2n) is 11.8. The molecule has 3 aliphatic rings. The van der Waals surface area contributed by atoms with Gasteiger partial charge in [-0.25, -0.2) is 9.67 Å². The van der Waals surface area contributed by atoms with E-state index in [1.54, 1.807) is 20.9 Å². The summed E-state index contributed by atoms with van der Waals surface area (Å²) in [7, 11) is 0. The summed E-state index contributed by atoms with van der Waals surface area (Å²) in [6.07, 6.45) is 3.65. The molecule has 9 nitrogen and oxygen atoms in total. The van der Waals surface area contributed by atoms with Gasteiger partial charge in [0.25, 0.3) is 0 Å². The highest BCUT2D eigenvalue weighted by molar-refractivity contribution is 7.13. The van der Waals surface area contributed by atoms with Crippen molar-refractivity contribution in [1.82, 2.24) is 30.2 Å². The summed E-state index contributed by atoms with van der Waals surface area (Å²) in [6.45, 7) is 9.47. The van der Waals surface area contributed by atoms with Crippen LogP contribution in [0.1, 0.15) is 87.1 Å². The van der Waals surface area contributed by atoms with Crippen molar-refractivity contribution in [2.45, 2.75) is 84.0 Å². The molecule has 0 spiro atoms. The molecule has 2 fully saturated rings. The van der Waals surface area contributed by atoms with Gasteiger partial charge in [0.15, 0.2) is 0 Å². The Labute approximate surface area is 232 Å². The van der Waals surface area contributed by atoms with E-state index in [2.05, 4.69) is 44.9 Å². The Hall–Kier alpha value is -3.11. The van der Waals surface area contributed by atoms with Crippen molar-refractivity contribution < 1.29 is 14.3 Å². The standard InChI is InChI=1S/C29H36N6O3S/c1-17(19-7-11-21(12-8-19)25-18(2)30-16-39-25)31-27(36)22-6-5-13-34(22)28(37)26-29(3,4)15-38-14-23-24(20-9-10-20)32-33-35(23)26/h7-8,11-12,16-17,20,22,26H,5-6,9-10,13-15H2,1-4H3,(H,31,36). The molecule has 1 saturated heterocycles. The number of amides is 2. The second kappa shape index (κ2) is 10.1. The van der Waals surface area contributed by atoms with Crippen LogP contribution in [-0.4, -0.2) is 55.9 Å². The molecule has 1 aromatic carbocycles. The number of thiazole rings is 1. The monoisotopic (exact) mass is 548 g/mol. The lowest BCUT2D eigenvalue weighted by molar-refractivity contribution is -0.145. The molecule has 10 heteroatoms. The van der Waals surface area contributed by atoms with Gasteiger partial charge in [-0.3, -0.25) is 9.59 Å². The van der Waals surface area contributed by atoms with Crippen LogP contribution in [0.4, 0.5) is 0 Å². The Morgan fingerprint density at radius 1 is 1.18 bits per heavy atom. The number of fused-ring (bicyclic) bond motifs is 1. The van der Waals surface area contributed by atoms with Crippen molar-refractivity contribution in [2.75, 3.05) is 13.2 Å². The molecular formula is C29H36N6O3S. The largest absolute Gasteiger partial charge is 0.374 e. The van der Waals surface area contributed by atoms with Crippen LogP contribution in [-0.2, 0) is 20.9 Å². The van der Waals surface area contributed by atoms with Gasteiger partial charge in [0.1, 0.15) is 12.1 Å². The van der Waals surface area contributed by atoms with Crippen LogP contribution in [0.2, 0.25) is 0 Å². The smallest absolute Gasteiger partial charge is 0.248 e. The molecule has 39 heavy (non-hydrogen) atoms. The number of nitrogens with one attached hydrogen (secondary N) is 1. The summed E-state index contributed by atoms with van der Waals surface area (Å²) in [5.41, 5.74) is 6.40. The van der Waals surface area contributed by atoms with Crippen molar-refractivity contribution in [2.24, 2.45) is 5.41 Å². The summed E-state index contributed by atoms with van der Waals surface area (Å²) in [5, 5.41) is 12.1. The highest BCUT2D eigenvalue weighted by atomic mass is 32.1. The van der Waals surface area contributed by atoms with E-state index in [9.17, 15) is 9.59 Å². The number of nitrogens with zero attached hydrogens (tertiary/aromatic N) is 5. The zero-order valence-electron chi connectivity index (χ0n) is 23.0. The number of aryl methyl sites for hydroxylation is 1. The predicted octanol–water partition coefficient (Wildman–Crippen LogP) is 4.55. The van der Waals surface area contributed by atoms with Crippen LogP contribution in [0, 0.1) is 12.3 Å². The van der Waals surface area contributed by atoms with Crippen LogP contribution in [0.15, 0.2) is 29.8 Å². The molecule has 3 atom stereocenters. The highest BCUT2D eigenvalue weighted by Crippen LogP contribution is 2.44.